The summed E-state index contributed by atoms with van der Waals surface area (Å²) < 4.78 is 5.39. The molecule has 122 valence electrons. The van der Waals surface area contributed by atoms with Crippen molar-refractivity contribution >= 4 is 41.3 Å². The van der Waals surface area contributed by atoms with Crippen molar-refractivity contribution in [3.05, 3.63) is 15.6 Å². The van der Waals surface area contributed by atoms with Crippen molar-refractivity contribution in [1.29, 1.82) is 0 Å². The second-order valence-corrected chi connectivity index (χ2v) is 6.55. The van der Waals surface area contributed by atoms with Crippen LogP contribution < -0.4 is 10.6 Å². The second-order valence-electron chi connectivity index (χ2n) is 5.26. The van der Waals surface area contributed by atoms with Gasteiger partial charge in [0.05, 0.1) is 17.8 Å². The normalized spacial score (nSPS) is 12.0. The summed E-state index contributed by atoms with van der Waals surface area (Å²) in [6.45, 7) is 12.4. The monoisotopic (exact) mass is 426 g/mol. The molecule has 2 N–H and O–H groups in total. The van der Waals surface area contributed by atoms with Crippen LogP contribution in [-0.2, 0) is 11.3 Å². The molecule has 0 radical (unpaired) electrons. The molecule has 0 spiro atoms. The molecule has 1 aromatic heterocycles. The largest absolute Gasteiger partial charge is 0.377 e. The van der Waals surface area contributed by atoms with Crippen molar-refractivity contribution in [3.8, 4) is 0 Å². The molecule has 7 heteroatoms. The van der Waals surface area contributed by atoms with Crippen LogP contribution >= 0.6 is 35.3 Å². The predicted molar refractivity (Wildman–Crippen MR) is 101 cm³/mol. The Morgan fingerprint density at radius 2 is 2.00 bits per heavy atom. The molecule has 0 aliphatic rings. The number of ether oxygens (including phenoxy) is 1. The number of aromatic nitrogens is 1. The van der Waals surface area contributed by atoms with E-state index >= 15 is 0 Å². The first-order valence-electron chi connectivity index (χ1n) is 6.88. The quantitative estimate of drug-likeness (QED) is 0.417. The molecule has 0 amide bonds. The first-order valence-corrected chi connectivity index (χ1v) is 7.70. The average molecular weight is 426 g/mol. The van der Waals surface area contributed by atoms with E-state index in [9.17, 15) is 0 Å². The standard InChI is InChI=1S/C14H26N4OS.HI/c1-7-15-13(17-9-14(4,5)19-6)16-8-12-18-10(2)11(3)20-12;/h7-9H2,1-6H3,(H2,15,16,17);1H. The molecule has 5 nitrogen and oxygen atoms in total. The van der Waals surface area contributed by atoms with E-state index in [1.165, 1.54) is 4.88 Å². The first kappa shape index (κ1) is 20.6. The molecule has 21 heavy (non-hydrogen) atoms. The fraction of sp³-hybridized carbons (Fsp3) is 0.714. The Morgan fingerprint density at radius 3 is 2.48 bits per heavy atom. The molecule has 0 atom stereocenters. The highest BCUT2D eigenvalue weighted by Gasteiger charge is 2.16. The summed E-state index contributed by atoms with van der Waals surface area (Å²) in [7, 11) is 1.72. The van der Waals surface area contributed by atoms with Gasteiger partial charge in [-0.15, -0.1) is 35.3 Å². The summed E-state index contributed by atoms with van der Waals surface area (Å²) in [5.41, 5.74) is 0.878. The maximum Gasteiger partial charge on any atom is 0.191 e. The van der Waals surface area contributed by atoms with E-state index in [1.807, 2.05) is 20.8 Å². The van der Waals surface area contributed by atoms with Crippen molar-refractivity contribution < 1.29 is 4.74 Å². The van der Waals surface area contributed by atoms with Gasteiger partial charge in [-0.3, -0.25) is 0 Å². The molecule has 1 rings (SSSR count). The van der Waals surface area contributed by atoms with Gasteiger partial charge in [0.25, 0.3) is 0 Å². The van der Waals surface area contributed by atoms with Gasteiger partial charge in [0.15, 0.2) is 5.96 Å². The number of aliphatic imine (C=N–C) groups is 1. The molecule has 0 fully saturated rings. The molecule has 1 aromatic rings. The van der Waals surface area contributed by atoms with Gasteiger partial charge in [-0.25, -0.2) is 9.98 Å². The number of nitrogens with one attached hydrogen (secondary N) is 2. The maximum absolute atomic E-state index is 5.39. The molecule has 1 heterocycles. The number of rotatable bonds is 6. The van der Waals surface area contributed by atoms with Gasteiger partial charge in [0, 0.05) is 25.1 Å². The summed E-state index contributed by atoms with van der Waals surface area (Å²) in [6.07, 6.45) is 0. The van der Waals surface area contributed by atoms with Gasteiger partial charge >= 0.3 is 0 Å². The highest BCUT2D eigenvalue weighted by molar-refractivity contribution is 14.0. The lowest BCUT2D eigenvalue weighted by atomic mass is 10.1. The lowest BCUT2D eigenvalue weighted by Crippen LogP contribution is -2.45. The Kier molecular flexibility index (Phi) is 9.39. The van der Waals surface area contributed by atoms with E-state index in [0.29, 0.717) is 13.1 Å². The van der Waals surface area contributed by atoms with Crippen LogP contribution in [-0.4, -0.2) is 36.7 Å². The van der Waals surface area contributed by atoms with Crippen molar-refractivity contribution in [2.75, 3.05) is 20.2 Å². The van der Waals surface area contributed by atoms with Gasteiger partial charge in [-0.1, -0.05) is 0 Å². The summed E-state index contributed by atoms with van der Waals surface area (Å²) in [4.78, 5) is 10.3. The van der Waals surface area contributed by atoms with Gasteiger partial charge in [0.2, 0.25) is 0 Å². The summed E-state index contributed by atoms with van der Waals surface area (Å²) in [5, 5.41) is 7.57. The van der Waals surface area contributed by atoms with Gasteiger partial charge in [-0.05, 0) is 34.6 Å². The van der Waals surface area contributed by atoms with Crippen molar-refractivity contribution in [2.45, 2.75) is 46.8 Å². The van der Waals surface area contributed by atoms with Crippen molar-refractivity contribution in [1.82, 2.24) is 15.6 Å². The topological polar surface area (TPSA) is 58.5 Å². The Hall–Kier alpha value is -0.410. The minimum atomic E-state index is -0.218. The third-order valence-corrected chi connectivity index (χ3v) is 4.08. The lowest BCUT2D eigenvalue weighted by Gasteiger charge is -2.24. The van der Waals surface area contributed by atoms with Gasteiger partial charge in [0.1, 0.15) is 5.01 Å². The lowest BCUT2D eigenvalue weighted by molar-refractivity contribution is 0.0268. The third kappa shape index (κ3) is 7.42. The Balaban J connectivity index is 0.00000400. The Bertz CT molecular complexity index is 440. The summed E-state index contributed by atoms with van der Waals surface area (Å²) in [6, 6.07) is 0. The highest BCUT2D eigenvalue weighted by atomic mass is 127. The van der Waals surface area contributed by atoms with E-state index in [0.717, 1.165) is 23.2 Å². The van der Waals surface area contributed by atoms with Crippen LogP contribution in [0.15, 0.2) is 4.99 Å². The molecule has 0 unspecified atom stereocenters. The Morgan fingerprint density at radius 1 is 1.33 bits per heavy atom. The molecule has 0 aromatic carbocycles. The van der Waals surface area contributed by atoms with Crippen LogP contribution in [0.2, 0.25) is 0 Å². The predicted octanol–water partition coefficient (Wildman–Crippen LogP) is 2.86. The smallest absolute Gasteiger partial charge is 0.191 e. The van der Waals surface area contributed by atoms with Gasteiger partial charge < -0.3 is 15.4 Å². The molecule has 0 saturated carbocycles. The number of hydrogen-bond donors (Lipinski definition) is 2. The van der Waals surface area contributed by atoms with Crippen molar-refractivity contribution in [3.63, 3.8) is 0 Å². The molecule has 0 aliphatic carbocycles. The van der Waals surface area contributed by atoms with E-state index < -0.39 is 0 Å². The maximum atomic E-state index is 5.39. The molecular weight excluding hydrogens is 399 g/mol. The number of nitrogens with zero attached hydrogens (tertiary/aromatic N) is 2. The summed E-state index contributed by atoms with van der Waals surface area (Å²) >= 11 is 1.70. The fourth-order valence-electron chi connectivity index (χ4n) is 1.46. The number of guanidine groups is 1. The van der Waals surface area contributed by atoms with Gasteiger partial charge in [-0.2, -0.15) is 0 Å². The van der Waals surface area contributed by atoms with E-state index in [2.05, 4.69) is 34.5 Å². The zero-order valence-corrected chi connectivity index (χ0v) is 16.9. The van der Waals surface area contributed by atoms with Crippen LogP contribution in [0.1, 0.15) is 36.3 Å². The minimum absolute atomic E-state index is 0. The van der Waals surface area contributed by atoms with Crippen LogP contribution in [0, 0.1) is 13.8 Å². The van der Waals surface area contributed by atoms with Crippen LogP contribution in [0.25, 0.3) is 0 Å². The molecule has 0 bridgehead atoms. The molecule has 0 aliphatic heterocycles. The van der Waals surface area contributed by atoms with Crippen molar-refractivity contribution in [2.24, 2.45) is 4.99 Å². The second kappa shape index (κ2) is 9.58. The van der Waals surface area contributed by atoms with Crippen LogP contribution in [0.4, 0.5) is 0 Å². The Labute approximate surface area is 149 Å². The first-order chi connectivity index (χ1) is 9.38. The average Bonchev–Trinajstić information content (AvgIpc) is 2.72. The number of halogens is 1. The number of methoxy groups -OCH3 is 1. The fourth-order valence-corrected chi connectivity index (χ4v) is 2.32. The zero-order chi connectivity index (χ0) is 15.2. The minimum Gasteiger partial charge on any atom is -0.377 e. The SMILES string of the molecule is CCNC(=NCc1nc(C)c(C)s1)NCC(C)(C)OC.I. The van der Waals surface area contributed by atoms with E-state index in [-0.39, 0.29) is 29.6 Å². The number of hydrogen-bond acceptors (Lipinski definition) is 4. The zero-order valence-electron chi connectivity index (χ0n) is 13.7. The van der Waals surface area contributed by atoms with Crippen LogP contribution in [0.5, 0.6) is 0 Å². The molecule has 0 saturated heterocycles. The third-order valence-electron chi connectivity index (χ3n) is 3.02. The highest BCUT2D eigenvalue weighted by Crippen LogP contribution is 2.16. The molecular formula is C14H27IN4OS. The van der Waals surface area contributed by atoms with E-state index in [1.54, 1.807) is 18.4 Å². The number of thiazole rings is 1. The van der Waals surface area contributed by atoms with Crippen LogP contribution in [0.3, 0.4) is 0 Å². The van der Waals surface area contributed by atoms with E-state index in [4.69, 9.17) is 4.74 Å². The number of aryl methyl sites for hydroxylation is 2. The summed E-state index contributed by atoms with van der Waals surface area (Å²) in [5.74, 6) is 0.795.